The van der Waals surface area contributed by atoms with Crippen LogP contribution in [0.2, 0.25) is 0 Å². The van der Waals surface area contributed by atoms with E-state index in [1.807, 2.05) is 65.6 Å². The maximum Gasteiger partial charge on any atom is 0.271 e. The van der Waals surface area contributed by atoms with Gasteiger partial charge in [0.05, 0.1) is 29.6 Å². The van der Waals surface area contributed by atoms with Gasteiger partial charge in [0.25, 0.3) is 15.7 Å². The molecule has 0 fully saturated rings. The van der Waals surface area contributed by atoms with Gasteiger partial charge in [-0.25, -0.2) is 8.42 Å². The van der Waals surface area contributed by atoms with Gasteiger partial charge >= 0.3 is 0 Å². The molecule has 0 aliphatic rings. The first-order valence-corrected chi connectivity index (χ1v) is 14.1. The second-order valence-electron chi connectivity index (χ2n) is 9.26. The number of hydrogen-bond donors (Lipinski definition) is 1. The number of nitrogens with zero attached hydrogens (tertiary/aromatic N) is 3. The Morgan fingerprint density at radius 2 is 1.35 bits per heavy atom. The molecule has 40 heavy (non-hydrogen) atoms. The van der Waals surface area contributed by atoms with E-state index < -0.39 is 21.1 Å². The maximum atomic E-state index is 13.9. The molecular formula is C30H31N3O6S. The van der Waals surface area contributed by atoms with E-state index in [0.29, 0.717) is 13.1 Å². The van der Waals surface area contributed by atoms with Crippen LogP contribution in [-0.4, -0.2) is 49.7 Å². The number of benzene rings is 4. The molecule has 0 radical (unpaired) electrons. The summed E-state index contributed by atoms with van der Waals surface area (Å²) in [6.45, 7) is 0.841. The number of hydrogen-bond acceptors (Lipinski definition) is 7. The average molecular weight is 562 g/mol. The number of anilines is 1. The molecule has 0 aliphatic carbocycles. The minimum Gasteiger partial charge on any atom is -0.495 e. The standard InChI is InChI=1S/C30H31N3O6S/c1-39-30-18-17-26(33(35)36)19-29(30)32(40(37,38)28-15-9-4-10-16-28)23-27(34)22-31(20-24-11-5-2-6-12-24)21-25-13-7-3-8-14-25/h2-19,27,34H,20-23H2,1H3. The second-order valence-corrected chi connectivity index (χ2v) is 11.1. The van der Waals surface area contributed by atoms with Gasteiger partial charge in [0, 0.05) is 31.8 Å². The van der Waals surface area contributed by atoms with E-state index >= 15 is 0 Å². The van der Waals surface area contributed by atoms with Gasteiger partial charge in [-0.3, -0.25) is 19.3 Å². The van der Waals surface area contributed by atoms with Gasteiger partial charge in [-0.15, -0.1) is 0 Å². The summed E-state index contributed by atoms with van der Waals surface area (Å²) in [5.41, 5.74) is 1.75. The van der Waals surface area contributed by atoms with Crippen LogP contribution >= 0.6 is 0 Å². The highest BCUT2D eigenvalue weighted by Gasteiger charge is 2.31. The molecule has 1 atom stereocenters. The quantitative estimate of drug-likeness (QED) is 0.183. The topological polar surface area (TPSA) is 113 Å². The molecule has 0 saturated carbocycles. The lowest BCUT2D eigenvalue weighted by molar-refractivity contribution is -0.384. The lowest BCUT2D eigenvalue weighted by Gasteiger charge is -2.31. The molecule has 10 heteroatoms. The third-order valence-corrected chi connectivity index (χ3v) is 8.11. The van der Waals surface area contributed by atoms with Gasteiger partial charge in [-0.1, -0.05) is 78.9 Å². The van der Waals surface area contributed by atoms with Crippen LogP contribution in [0.25, 0.3) is 0 Å². The van der Waals surface area contributed by atoms with Gasteiger partial charge in [-0.2, -0.15) is 0 Å². The molecule has 0 heterocycles. The summed E-state index contributed by atoms with van der Waals surface area (Å²) < 4.78 is 34.1. The van der Waals surface area contributed by atoms with E-state index in [2.05, 4.69) is 0 Å². The van der Waals surface area contributed by atoms with Crippen LogP contribution in [0.3, 0.4) is 0 Å². The lowest BCUT2D eigenvalue weighted by Crippen LogP contribution is -2.42. The summed E-state index contributed by atoms with van der Waals surface area (Å²) >= 11 is 0. The molecule has 208 valence electrons. The zero-order valence-corrected chi connectivity index (χ0v) is 22.9. The fourth-order valence-corrected chi connectivity index (χ4v) is 5.97. The molecule has 0 aromatic heterocycles. The Bertz CT molecular complexity index is 1460. The zero-order valence-electron chi connectivity index (χ0n) is 22.0. The van der Waals surface area contributed by atoms with E-state index in [1.165, 1.54) is 31.4 Å². The Morgan fingerprint density at radius 1 is 0.825 bits per heavy atom. The van der Waals surface area contributed by atoms with Gasteiger partial charge in [0.2, 0.25) is 0 Å². The van der Waals surface area contributed by atoms with Crippen LogP contribution in [0.15, 0.2) is 114 Å². The Morgan fingerprint density at radius 3 is 1.85 bits per heavy atom. The van der Waals surface area contributed by atoms with Crippen LogP contribution in [0.1, 0.15) is 11.1 Å². The van der Waals surface area contributed by atoms with E-state index in [-0.39, 0.29) is 35.1 Å². The monoisotopic (exact) mass is 561 g/mol. The molecule has 0 amide bonds. The Kier molecular flexibility index (Phi) is 9.49. The van der Waals surface area contributed by atoms with Crippen molar-refractivity contribution >= 4 is 21.4 Å². The number of aliphatic hydroxyl groups is 1. The first-order chi connectivity index (χ1) is 19.3. The fourth-order valence-electron chi connectivity index (χ4n) is 4.45. The van der Waals surface area contributed by atoms with E-state index in [1.54, 1.807) is 18.2 Å². The highest BCUT2D eigenvalue weighted by atomic mass is 32.2. The minimum atomic E-state index is -4.23. The van der Waals surface area contributed by atoms with Crippen molar-refractivity contribution < 1.29 is 23.2 Å². The van der Waals surface area contributed by atoms with Crippen LogP contribution in [0, 0.1) is 10.1 Å². The van der Waals surface area contributed by atoms with Crippen molar-refractivity contribution in [2.24, 2.45) is 0 Å². The number of aliphatic hydroxyl groups excluding tert-OH is 1. The normalized spacial score (nSPS) is 12.2. The van der Waals surface area contributed by atoms with Crippen molar-refractivity contribution in [1.29, 1.82) is 0 Å². The third-order valence-electron chi connectivity index (χ3n) is 6.32. The van der Waals surface area contributed by atoms with Crippen molar-refractivity contribution in [3.05, 3.63) is 130 Å². The summed E-state index contributed by atoms with van der Waals surface area (Å²) in [4.78, 5) is 13.0. The molecule has 0 saturated heterocycles. The molecule has 4 aromatic carbocycles. The van der Waals surface area contributed by atoms with Crippen LogP contribution in [0.4, 0.5) is 11.4 Å². The smallest absolute Gasteiger partial charge is 0.271 e. The van der Waals surface area contributed by atoms with Gasteiger partial charge in [-0.05, 0) is 29.3 Å². The minimum absolute atomic E-state index is 0.0128. The molecule has 0 aliphatic heterocycles. The van der Waals surface area contributed by atoms with Crippen molar-refractivity contribution in [2.45, 2.75) is 24.1 Å². The number of nitro benzene ring substituents is 1. The highest BCUT2D eigenvalue weighted by Crippen LogP contribution is 2.36. The zero-order chi connectivity index (χ0) is 28.5. The molecule has 0 bridgehead atoms. The predicted molar refractivity (Wildman–Crippen MR) is 154 cm³/mol. The molecule has 4 aromatic rings. The van der Waals surface area contributed by atoms with Crippen molar-refractivity contribution in [3.8, 4) is 5.75 Å². The number of ether oxygens (including phenoxy) is 1. The van der Waals surface area contributed by atoms with Crippen molar-refractivity contribution in [3.63, 3.8) is 0 Å². The average Bonchev–Trinajstić information content (AvgIpc) is 2.97. The number of sulfonamides is 1. The van der Waals surface area contributed by atoms with Gasteiger partial charge in [0.15, 0.2) is 0 Å². The third kappa shape index (κ3) is 7.23. The Hall–Kier alpha value is -4.25. The highest BCUT2D eigenvalue weighted by molar-refractivity contribution is 7.92. The largest absolute Gasteiger partial charge is 0.495 e. The molecule has 4 rings (SSSR count). The van der Waals surface area contributed by atoms with Crippen molar-refractivity contribution in [1.82, 2.24) is 4.90 Å². The number of methoxy groups -OCH3 is 1. The number of nitro groups is 1. The summed E-state index contributed by atoms with van der Waals surface area (Å²) in [7, 11) is -2.87. The molecule has 9 nitrogen and oxygen atoms in total. The summed E-state index contributed by atoms with van der Waals surface area (Å²) in [6, 6.07) is 31.1. The van der Waals surface area contributed by atoms with Crippen molar-refractivity contribution in [2.75, 3.05) is 24.5 Å². The maximum absolute atomic E-state index is 13.9. The van der Waals surface area contributed by atoms with Crippen LogP contribution < -0.4 is 9.04 Å². The summed E-state index contributed by atoms with van der Waals surface area (Å²) in [6.07, 6.45) is -1.14. The predicted octanol–water partition coefficient (Wildman–Crippen LogP) is 4.86. The van der Waals surface area contributed by atoms with Gasteiger partial charge in [0.1, 0.15) is 11.4 Å². The SMILES string of the molecule is COc1ccc([N+](=O)[O-])cc1N(CC(O)CN(Cc1ccccc1)Cc1ccccc1)S(=O)(=O)c1ccccc1. The molecular weight excluding hydrogens is 530 g/mol. The number of rotatable bonds is 13. The summed E-state index contributed by atoms with van der Waals surface area (Å²) in [5, 5.41) is 22.9. The van der Waals surface area contributed by atoms with E-state index in [4.69, 9.17) is 4.74 Å². The Balaban J connectivity index is 1.68. The molecule has 0 spiro atoms. The fraction of sp³-hybridized carbons (Fsp3) is 0.200. The first kappa shape index (κ1) is 28.8. The van der Waals surface area contributed by atoms with Crippen LogP contribution in [-0.2, 0) is 23.1 Å². The van der Waals surface area contributed by atoms with E-state index in [0.717, 1.165) is 21.5 Å². The Labute approximate surface area is 234 Å². The van der Waals surface area contributed by atoms with E-state index in [9.17, 15) is 23.6 Å². The lowest BCUT2D eigenvalue weighted by atomic mass is 10.1. The number of non-ortho nitro benzene ring substituents is 1. The van der Waals surface area contributed by atoms with Crippen LogP contribution in [0.5, 0.6) is 5.75 Å². The molecule has 1 unspecified atom stereocenters. The first-order valence-electron chi connectivity index (χ1n) is 12.7. The van der Waals surface area contributed by atoms with Gasteiger partial charge < -0.3 is 9.84 Å². The molecule has 1 N–H and O–H groups in total. The second kappa shape index (κ2) is 13.2. The summed E-state index contributed by atoms with van der Waals surface area (Å²) in [5.74, 6) is 0.128.